The zero-order chi connectivity index (χ0) is 20.1. The molecule has 4 rings (SSSR count). The number of sulfone groups is 1. The molecule has 1 atom stereocenters. The van der Waals surface area contributed by atoms with Gasteiger partial charge in [0.15, 0.2) is 15.0 Å². The van der Waals surface area contributed by atoms with Gasteiger partial charge in [0.1, 0.15) is 0 Å². The summed E-state index contributed by atoms with van der Waals surface area (Å²) in [4.78, 5) is 17.0. The van der Waals surface area contributed by atoms with Gasteiger partial charge in [0.25, 0.3) is 0 Å². The molecule has 7 nitrogen and oxygen atoms in total. The van der Waals surface area contributed by atoms with Crippen LogP contribution in [0, 0.1) is 13.8 Å². The normalized spacial score (nSPS) is 18.6. The zero-order valence-electron chi connectivity index (χ0n) is 15.4. The van der Waals surface area contributed by atoms with Gasteiger partial charge in [-0.25, -0.2) is 13.4 Å². The number of benzene rings is 1. The number of anilines is 1. The molecule has 1 fully saturated rings. The fraction of sp³-hybridized carbons (Fsp3) is 0.389. The molecule has 0 aliphatic carbocycles. The van der Waals surface area contributed by atoms with Crippen molar-refractivity contribution in [3.63, 3.8) is 0 Å². The lowest BCUT2D eigenvalue weighted by Crippen LogP contribution is -2.16. The second-order valence-corrected chi connectivity index (χ2v) is 10.7. The van der Waals surface area contributed by atoms with Crippen LogP contribution in [0.15, 0.2) is 18.2 Å². The number of rotatable bonds is 4. The van der Waals surface area contributed by atoms with E-state index in [-0.39, 0.29) is 29.9 Å². The third-order valence-electron chi connectivity index (χ3n) is 4.96. The fourth-order valence-corrected chi connectivity index (χ4v) is 6.40. The van der Waals surface area contributed by atoms with Crippen LogP contribution in [0.3, 0.4) is 0 Å². The Labute approximate surface area is 171 Å². The van der Waals surface area contributed by atoms with Crippen LogP contribution in [-0.4, -0.2) is 40.6 Å². The summed E-state index contributed by atoms with van der Waals surface area (Å²) in [6.45, 7) is 3.72. The van der Waals surface area contributed by atoms with E-state index in [9.17, 15) is 13.2 Å². The maximum atomic E-state index is 12.6. The molecular weight excluding hydrogens is 420 g/mol. The summed E-state index contributed by atoms with van der Waals surface area (Å²) in [6, 6.07) is 5.24. The highest BCUT2D eigenvalue weighted by atomic mass is 35.5. The van der Waals surface area contributed by atoms with Crippen molar-refractivity contribution in [2.24, 2.45) is 0 Å². The number of thiazole rings is 1. The van der Waals surface area contributed by atoms with E-state index in [1.807, 2.05) is 26.0 Å². The Morgan fingerprint density at radius 2 is 2.18 bits per heavy atom. The Morgan fingerprint density at radius 1 is 1.39 bits per heavy atom. The zero-order valence-corrected chi connectivity index (χ0v) is 17.8. The monoisotopic (exact) mass is 438 g/mol. The van der Waals surface area contributed by atoms with E-state index in [0.29, 0.717) is 16.6 Å². The third kappa shape index (κ3) is 3.78. The summed E-state index contributed by atoms with van der Waals surface area (Å²) in [5.74, 6) is 0.109. The third-order valence-corrected chi connectivity index (χ3v) is 7.88. The minimum Gasteiger partial charge on any atom is -0.302 e. The van der Waals surface area contributed by atoms with Crippen LogP contribution in [0.5, 0.6) is 0 Å². The Hall–Kier alpha value is -1.97. The molecule has 3 heterocycles. The summed E-state index contributed by atoms with van der Waals surface area (Å²) in [6.07, 6.45) is 0.720. The summed E-state index contributed by atoms with van der Waals surface area (Å²) in [5.41, 5.74) is 3.19. The number of aryl methyl sites for hydroxylation is 1. The molecule has 0 bridgehead atoms. The highest BCUT2D eigenvalue weighted by Gasteiger charge is 2.31. The standard InChI is InChI=1S/C18H19ClN4O3S2/c1-10-14(11(2)23(22-10)13-5-6-28(25,26)9-13)8-17(24)21-18-20-15-4-3-12(19)7-16(15)27-18/h3-4,7,13H,5-6,8-9H2,1-2H3,(H,20,21,24)/t13-/m1/s1. The van der Waals surface area contributed by atoms with Gasteiger partial charge in [-0.2, -0.15) is 5.10 Å². The van der Waals surface area contributed by atoms with Crippen LogP contribution in [-0.2, 0) is 21.1 Å². The fourth-order valence-electron chi connectivity index (χ4n) is 3.55. The number of nitrogens with one attached hydrogen (secondary N) is 1. The van der Waals surface area contributed by atoms with Crippen LogP contribution in [0.4, 0.5) is 5.13 Å². The number of hydrogen-bond acceptors (Lipinski definition) is 6. The Kier molecular flexibility index (Phi) is 4.93. The van der Waals surface area contributed by atoms with Gasteiger partial charge in [-0.15, -0.1) is 0 Å². The average Bonchev–Trinajstić information content (AvgIpc) is 3.25. The number of fused-ring (bicyclic) bond motifs is 1. The van der Waals surface area contributed by atoms with E-state index in [0.717, 1.165) is 27.2 Å². The molecule has 0 spiro atoms. The molecule has 3 aromatic rings. The number of amides is 1. The average molecular weight is 439 g/mol. The maximum Gasteiger partial charge on any atom is 0.230 e. The summed E-state index contributed by atoms with van der Waals surface area (Å²) in [7, 11) is -3.00. The van der Waals surface area contributed by atoms with E-state index in [2.05, 4.69) is 15.4 Å². The van der Waals surface area contributed by atoms with Crippen molar-refractivity contribution < 1.29 is 13.2 Å². The summed E-state index contributed by atoms with van der Waals surface area (Å²) < 4.78 is 26.2. The second kappa shape index (κ2) is 7.13. The van der Waals surface area contributed by atoms with Crippen LogP contribution < -0.4 is 5.32 Å². The van der Waals surface area contributed by atoms with Gasteiger partial charge in [-0.3, -0.25) is 9.48 Å². The van der Waals surface area contributed by atoms with Crippen molar-refractivity contribution >= 4 is 54.0 Å². The molecule has 1 amide bonds. The van der Waals surface area contributed by atoms with Gasteiger partial charge in [0.2, 0.25) is 5.91 Å². The van der Waals surface area contributed by atoms with E-state index in [4.69, 9.17) is 11.6 Å². The van der Waals surface area contributed by atoms with E-state index < -0.39 is 9.84 Å². The molecule has 148 valence electrons. The Balaban J connectivity index is 1.51. The first-order valence-corrected chi connectivity index (χ1v) is 11.8. The molecule has 10 heteroatoms. The van der Waals surface area contributed by atoms with Crippen LogP contribution in [0.2, 0.25) is 5.02 Å². The molecule has 0 unspecified atom stereocenters. The number of carbonyl (C=O) groups is 1. The molecule has 1 N–H and O–H groups in total. The van der Waals surface area contributed by atoms with Gasteiger partial charge < -0.3 is 5.32 Å². The first-order chi connectivity index (χ1) is 13.2. The predicted octanol–water partition coefficient (Wildman–Crippen LogP) is 3.30. The minimum atomic E-state index is -3.00. The first-order valence-electron chi connectivity index (χ1n) is 8.83. The Morgan fingerprint density at radius 3 is 2.89 bits per heavy atom. The van der Waals surface area contributed by atoms with Gasteiger partial charge in [0.05, 0.1) is 39.9 Å². The van der Waals surface area contributed by atoms with Crippen LogP contribution in [0.25, 0.3) is 10.2 Å². The van der Waals surface area contributed by atoms with Gasteiger partial charge in [-0.1, -0.05) is 22.9 Å². The molecular formula is C18H19ClN4O3S2. The van der Waals surface area contributed by atoms with Crippen molar-refractivity contribution in [3.05, 3.63) is 40.2 Å². The molecule has 1 aliphatic rings. The number of carbonyl (C=O) groups excluding carboxylic acids is 1. The van der Waals surface area contributed by atoms with Crippen LogP contribution >= 0.6 is 22.9 Å². The maximum absolute atomic E-state index is 12.6. The molecule has 1 aromatic carbocycles. The lowest BCUT2D eigenvalue weighted by Gasteiger charge is -2.11. The predicted molar refractivity (Wildman–Crippen MR) is 111 cm³/mol. The quantitative estimate of drug-likeness (QED) is 0.674. The Bertz CT molecular complexity index is 1180. The van der Waals surface area contributed by atoms with E-state index in [1.54, 1.807) is 10.7 Å². The number of halogens is 1. The molecule has 1 aliphatic heterocycles. The highest BCUT2D eigenvalue weighted by molar-refractivity contribution is 7.91. The molecule has 2 aromatic heterocycles. The SMILES string of the molecule is Cc1nn([C@@H]2CCS(=O)(=O)C2)c(C)c1CC(=O)Nc1nc2ccc(Cl)cc2s1. The number of aromatic nitrogens is 3. The van der Waals surface area contributed by atoms with E-state index in [1.165, 1.54) is 11.3 Å². The minimum absolute atomic E-state index is 0.106. The highest BCUT2D eigenvalue weighted by Crippen LogP contribution is 2.29. The van der Waals surface area contributed by atoms with Crippen molar-refractivity contribution in [1.29, 1.82) is 0 Å². The van der Waals surface area contributed by atoms with E-state index >= 15 is 0 Å². The smallest absolute Gasteiger partial charge is 0.230 e. The molecule has 0 saturated carbocycles. The first kappa shape index (κ1) is 19.4. The number of nitrogens with zero attached hydrogens (tertiary/aromatic N) is 3. The summed E-state index contributed by atoms with van der Waals surface area (Å²) >= 11 is 7.36. The van der Waals surface area contributed by atoms with Gasteiger partial charge in [0, 0.05) is 16.3 Å². The van der Waals surface area contributed by atoms with Crippen molar-refractivity contribution in [1.82, 2.24) is 14.8 Å². The van der Waals surface area contributed by atoms with Crippen molar-refractivity contribution in [2.75, 3.05) is 16.8 Å². The molecule has 1 saturated heterocycles. The van der Waals surface area contributed by atoms with Crippen molar-refractivity contribution in [2.45, 2.75) is 32.7 Å². The summed E-state index contributed by atoms with van der Waals surface area (Å²) in [5, 5.41) is 8.49. The lowest BCUT2D eigenvalue weighted by atomic mass is 10.1. The molecule has 28 heavy (non-hydrogen) atoms. The second-order valence-electron chi connectivity index (χ2n) is 7.01. The van der Waals surface area contributed by atoms with Gasteiger partial charge in [-0.05, 0) is 38.5 Å². The largest absolute Gasteiger partial charge is 0.302 e. The van der Waals surface area contributed by atoms with Crippen LogP contribution in [0.1, 0.15) is 29.4 Å². The lowest BCUT2D eigenvalue weighted by molar-refractivity contribution is -0.115. The molecule has 0 radical (unpaired) electrons. The van der Waals surface area contributed by atoms with Gasteiger partial charge >= 0.3 is 0 Å². The van der Waals surface area contributed by atoms with Crippen molar-refractivity contribution in [3.8, 4) is 0 Å². The topological polar surface area (TPSA) is 94.0 Å². The number of hydrogen-bond donors (Lipinski definition) is 1.